The molecule has 1 saturated carbocycles. The van der Waals surface area contributed by atoms with Crippen LogP contribution in [0.15, 0.2) is 18.6 Å². The summed E-state index contributed by atoms with van der Waals surface area (Å²) in [6.07, 6.45) is 11.7. The molecule has 1 aliphatic heterocycles. The molecule has 2 aromatic rings. The van der Waals surface area contributed by atoms with Crippen molar-refractivity contribution >= 4 is 16.5 Å². The van der Waals surface area contributed by atoms with Gasteiger partial charge in [0.15, 0.2) is 5.13 Å². The third-order valence-electron chi connectivity index (χ3n) is 4.90. The second kappa shape index (κ2) is 6.61. The number of thiazole rings is 1. The van der Waals surface area contributed by atoms with Gasteiger partial charge in [0, 0.05) is 44.0 Å². The molecule has 0 spiro atoms. The molecule has 2 aromatic heterocycles. The van der Waals surface area contributed by atoms with Gasteiger partial charge in [-0.25, -0.2) is 4.98 Å². The number of hydrogen-bond donors (Lipinski definition) is 1. The largest absolute Gasteiger partial charge is 0.365 e. The van der Waals surface area contributed by atoms with Crippen LogP contribution in [0.3, 0.4) is 0 Å². The van der Waals surface area contributed by atoms with Crippen molar-refractivity contribution in [2.45, 2.75) is 44.7 Å². The summed E-state index contributed by atoms with van der Waals surface area (Å²) in [5.74, 6) is 1.52. The van der Waals surface area contributed by atoms with E-state index in [0.717, 1.165) is 24.1 Å². The van der Waals surface area contributed by atoms with Crippen LogP contribution in [-0.2, 0) is 13.1 Å². The van der Waals surface area contributed by atoms with Crippen molar-refractivity contribution in [1.29, 1.82) is 0 Å². The number of anilines is 1. The Hall–Kier alpha value is -1.40. The zero-order valence-electron chi connectivity index (χ0n) is 13.7. The van der Waals surface area contributed by atoms with Gasteiger partial charge in [-0.15, -0.1) is 11.3 Å². The van der Waals surface area contributed by atoms with E-state index < -0.39 is 0 Å². The zero-order valence-corrected chi connectivity index (χ0v) is 14.6. The van der Waals surface area contributed by atoms with E-state index in [1.807, 2.05) is 13.2 Å². The first-order valence-electron chi connectivity index (χ1n) is 8.67. The van der Waals surface area contributed by atoms with Crippen LogP contribution in [-0.4, -0.2) is 39.8 Å². The Labute approximate surface area is 141 Å². The molecule has 2 aliphatic rings. The highest BCUT2D eigenvalue weighted by atomic mass is 32.1. The van der Waals surface area contributed by atoms with Gasteiger partial charge in [-0.2, -0.15) is 5.10 Å². The average molecular weight is 331 g/mol. The van der Waals surface area contributed by atoms with Crippen molar-refractivity contribution in [2.75, 3.05) is 25.5 Å². The first-order valence-corrected chi connectivity index (χ1v) is 9.49. The molecule has 1 saturated heterocycles. The molecular formula is C17H25N5S. The number of nitrogens with zero attached hydrogens (tertiary/aromatic N) is 4. The number of rotatable bonds is 6. The molecule has 5 nitrogen and oxygen atoms in total. The minimum Gasteiger partial charge on any atom is -0.365 e. The molecule has 124 valence electrons. The molecule has 1 aliphatic carbocycles. The van der Waals surface area contributed by atoms with Crippen LogP contribution in [0.2, 0.25) is 0 Å². The van der Waals surface area contributed by atoms with Crippen LogP contribution in [0.25, 0.3) is 0 Å². The minimum absolute atomic E-state index is 0.715. The third kappa shape index (κ3) is 3.75. The summed E-state index contributed by atoms with van der Waals surface area (Å²) in [4.78, 5) is 8.31. The summed E-state index contributed by atoms with van der Waals surface area (Å²) in [6, 6.07) is 0. The Morgan fingerprint density at radius 3 is 3.00 bits per heavy atom. The molecule has 0 bridgehead atoms. The van der Waals surface area contributed by atoms with Gasteiger partial charge >= 0.3 is 0 Å². The van der Waals surface area contributed by atoms with E-state index in [1.165, 1.54) is 49.2 Å². The van der Waals surface area contributed by atoms with E-state index in [1.54, 1.807) is 11.3 Å². The summed E-state index contributed by atoms with van der Waals surface area (Å²) in [7, 11) is 1.93. The fourth-order valence-corrected chi connectivity index (χ4v) is 4.34. The first-order chi connectivity index (χ1) is 11.3. The summed E-state index contributed by atoms with van der Waals surface area (Å²) < 4.78 is 2.17. The monoisotopic (exact) mass is 331 g/mol. The minimum atomic E-state index is 0.715. The molecule has 0 radical (unpaired) electrons. The molecule has 0 aromatic carbocycles. The lowest BCUT2D eigenvalue weighted by Crippen LogP contribution is -2.36. The highest BCUT2D eigenvalue weighted by molar-refractivity contribution is 7.15. The van der Waals surface area contributed by atoms with Crippen molar-refractivity contribution < 1.29 is 0 Å². The normalized spacial score (nSPS) is 22.4. The number of nitrogens with one attached hydrogen (secondary N) is 1. The van der Waals surface area contributed by atoms with Crippen LogP contribution < -0.4 is 5.32 Å². The van der Waals surface area contributed by atoms with Crippen molar-refractivity contribution in [3.63, 3.8) is 0 Å². The Kier molecular flexibility index (Phi) is 4.35. The number of piperidine rings is 1. The van der Waals surface area contributed by atoms with Crippen LogP contribution in [0.5, 0.6) is 0 Å². The Morgan fingerprint density at radius 1 is 1.30 bits per heavy atom. The lowest BCUT2D eigenvalue weighted by atomic mass is 9.98. The van der Waals surface area contributed by atoms with Crippen molar-refractivity contribution in [3.8, 4) is 0 Å². The fraction of sp³-hybridized carbons (Fsp3) is 0.647. The van der Waals surface area contributed by atoms with Gasteiger partial charge in [-0.05, 0) is 49.6 Å². The topological polar surface area (TPSA) is 46.0 Å². The molecule has 23 heavy (non-hydrogen) atoms. The molecule has 4 rings (SSSR count). The standard InChI is InChI=1S/C17H25N5S/c1-18-17-19-8-16(23-17)12-21-6-2-3-13(9-21)10-22-11-15(7-20-22)14-4-5-14/h7-8,11,13-14H,2-6,9-10,12H2,1H3,(H,18,19). The van der Waals surface area contributed by atoms with Gasteiger partial charge in [0.05, 0.1) is 6.20 Å². The van der Waals surface area contributed by atoms with E-state index in [4.69, 9.17) is 0 Å². The highest BCUT2D eigenvalue weighted by Gasteiger charge is 2.26. The van der Waals surface area contributed by atoms with Gasteiger partial charge in [-0.1, -0.05) is 0 Å². The van der Waals surface area contributed by atoms with Gasteiger partial charge < -0.3 is 5.32 Å². The van der Waals surface area contributed by atoms with Crippen LogP contribution in [0.4, 0.5) is 5.13 Å². The van der Waals surface area contributed by atoms with E-state index in [9.17, 15) is 0 Å². The predicted octanol–water partition coefficient (Wildman–Crippen LogP) is 3.17. The Bertz CT molecular complexity index is 645. The highest BCUT2D eigenvalue weighted by Crippen LogP contribution is 2.39. The summed E-state index contributed by atoms with van der Waals surface area (Å²) in [6.45, 7) is 4.47. The summed E-state index contributed by atoms with van der Waals surface area (Å²) in [5, 5.41) is 8.71. The number of aromatic nitrogens is 3. The molecule has 0 amide bonds. The first kappa shape index (κ1) is 15.1. The second-order valence-corrected chi connectivity index (χ2v) is 8.01. The molecular weight excluding hydrogens is 306 g/mol. The lowest BCUT2D eigenvalue weighted by Gasteiger charge is -2.32. The Balaban J connectivity index is 1.32. The average Bonchev–Trinajstić information content (AvgIpc) is 3.14. The number of hydrogen-bond acceptors (Lipinski definition) is 5. The molecule has 3 heterocycles. The quantitative estimate of drug-likeness (QED) is 0.883. The van der Waals surface area contributed by atoms with E-state index >= 15 is 0 Å². The fourth-order valence-electron chi connectivity index (χ4n) is 3.53. The molecule has 1 unspecified atom stereocenters. The molecule has 1 atom stereocenters. The zero-order chi connectivity index (χ0) is 15.6. The Morgan fingerprint density at radius 2 is 2.22 bits per heavy atom. The number of likely N-dealkylation sites (tertiary alicyclic amines) is 1. The van der Waals surface area contributed by atoms with E-state index in [-0.39, 0.29) is 0 Å². The predicted molar refractivity (Wildman–Crippen MR) is 93.9 cm³/mol. The maximum Gasteiger partial charge on any atom is 0.182 e. The molecule has 2 fully saturated rings. The lowest BCUT2D eigenvalue weighted by molar-refractivity contribution is 0.154. The van der Waals surface area contributed by atoms with E-state index in [0.29, 0.717) is 5.92 Å². The summed E-state index contributed by atoms with van der Waals surface area (Å²) in [5.41, 5.74) is 1.45. The van der Waals surface area contributed by atoms with Crippen LogP contribution in [0, 0.1) is 5.92 Å². The van der Waals surface area contributed by atoms with Gasteiger partial charge in [-0.3, -0.25) is 9.58 Å². The smallest absolute Gasteiger partial charge is 0.182 e. The maximum absolute atomic E-state index is 4.58. The van der Waals surface area contributed by atoms with Gasteiger partial charge in [0.25, 0.3) is 0 Å². The SMILES string of the molecule is CNc1ncc(CN2CCCC(Cn3cc(C4CC4)cn3)C2)s1. The van der Waals surface area contributed by atoms with Crippen molar-refractivity contribution in [1.82, 2.24) is 19.7 Å². The molecule has 6 heteroatoms. The summed E-state index contributed by atoms with van der Waals surface area (Å²) >= 11 is 1.76. The second-order valence-electron chi connectivity index (χ2n) is 6.90. The van der Waals surface area contributed by atoms with Gasteiger partial charge in [0.1, 0.15) is 0 Å². The van der Waals surface area contributed by atoms with Crippen molar-refractivity contribution in [3.05, 3.63) is 29.0 Å². The maximum atomic E-state index is 4.58. The molecule has 1 N–H and O–H groups in total. The third-order valence-corrected chi connectivity index (χ3v) is 5.90. The van der Waals surface area contributed by atoms with Crippen LogP contribution >= 0.6 is 11.3 Å². The van der Waals surface area contributed by atoms with Crippen LogP contribution in [0.1, 0.15) is 42.0 Å². The van der Waals surface area contributed by atoms with Gasteiger partial charge in [0.2, 0.25) is 0 Å². The van der Waals surface area contributed by atoms with Crippen molar-refractivity contribution in [2.24, 2.45) is 5.92 Å². The van der Waals surface area contributed by atoms with E-state index in [2.05, 4.69) is 37.4 Å².